The quantitative estimate of drug-likeness (QED) is 0.590. The number of phenols is 1. The molecule has 1 heterocycles. The van der Waals surface area contributed by atoms with Gasteiger partial charge < -0.3 is 20.5 Å². The van der Waals surface area contributed by atoms with Gasteiger partial charge in [0, 0.05) is 28.2 Å². The van der Waals surface area contributed by atoms with Crippen molar-refractivity contribution in [2.45, 2.75) is 12.5 Å². The largest absolute Gasteiger partial charge is 0.508 e. The highest BCUT2D eigenvalue weighted by atomic mass is 16.4. The van der Waals surface area contributed by atoms with E-state index in [1.54, 1.807) is 30.5 Å². The van der Waals surface area contributed by atoms with E-state index in [0.29, 0.717) is 16.7 Å². The van der Waals surface area contributed by atoms with E-state index in [0.717, 1.165) is 10.9 Å². The summed E-state index contributed by atoms with van der Waals surface area (Å²) in [7, 11) is 0. The zero-order chi connectivity index (χ0) is 17.6. The summed E-state index contributed by atoms with van der Waals surface area (Å²) in [5, 5.41) is 23.2. The maximum Gasteiger partial charge on any atom is 0.309 e. The zero-order valence-corrected chi connectivity index (χ0v) is 13.2. The smallest absolute Gasteiger partial charge is 0.309 e. The molecule has 0 saturated carbocycles. The van der Waals surface area contributed by atoms with Gasteiger partial charge in [0.05, 0.1) is 12.0 Å². The molecule has 4 rings (SSSR count). The van der Waals surface area contributed by atoms with Crippen molar-refractivity contribution in [1.29, 1.82) is 0 Å². The fourth-order valence-corrected chi connectivity index (χ4v) is 3.49. The molecule has 0 fully saturated rings. The lowest BCUT2D eigenvalue weighted by atomic mass is 10.00. The first-order valence-corrected chi connectivity index (χ1v) is 7.96. The number of benzene rings is 2. The lowest BCUT2D eigenvalue weighted by Gasteiger charge is -2.19. The van der Waals surface area contributed by atoms with Crippen molar-refractivity contribution in [3.63, 3.8) is 0 Å². The van der Waals surface area contributed by atoms with Crippen LogP contribution in [0.3, 0.4) is 0 Å². The molecule has 0 bridgehead atoms. The number of aromatic nitrogens is 1. The molecule has 25 heavy (non-hydrogen) atoms. The summed E-state index contributed by atoms with van der Waals surface area (Å²) in [6.07, 6.45) is 1.99. The maximum absolute atomic E-state index is 12.7. The summed E-state index contributed by atoms with van der Waals surface area (Å²) in [6, 6.07) is 11.4. The van der Waals surface area contributed by atoms with E-state index >= 15 is 0 Å². The van der Waals surface area contributed by atoms with Crippen LogP contribution in [0.2, 0.25) is 0 Å². The summed E-state index contributed by atoms with van der Waals surface area (Å²) >= 11 is 0. The highest BCUT2D eigenvalue weighted by molar-refractivity contribution is 5.98. The maximum atomic E-state index is 12.7. The van der Waals surface area contributed by atoms with Gasteiger partial charge >= 0.3 is 5.97 Å². The van der Waals surface area contributed by atoms with Gasteiger partial charge in [-0.2, -0.15) is 0 Å². The second-order valence-electron chi connectivity index (χ2n) is 6.22. The Morgan fingerprint density at radius 1 is 1.16 bits per heavy atom. The number of H-pyrrole nitrogens is 1. The number of amides is 1. The molecule has 0 unspecified atom stereocenters. The molecular weight excluding hydrogens is 320 g/mol. The van der Waals surface area contributed by atoms with Crippen molar-refractivity contribution >= 4 is 22.8 Å². The summed E-state index contributed by atoms with van der Waals surface area (Å²) < 4.78 is 0. The number of aliphatic carboxylic acids is 1. The van der Waals surface area contributed by atoms with Gasteiger partial charge in [-0.15, -0.1) is 0 Å². The van der Waals surface area contributed by atoms with E-state index in [4.69, 9.17) is 0 Å². The van der Waals surface area contributed by atoms with Crippen molar-refractivity contribution in [2.24, 2.45) is 5.92 Å². The van der Waals surface area contributed by atoms with Crippen LogP contribution in [0.5, 0.6) is 5.75 Å². The van der Waals surface area contributed by atoms with Crippen molar-refractivity contribution in [2.75, 3.05) is 0 Å². The molecule has 126 valence electrons. The highest BCUT2D eigenvalue weighted by Crippen LogP contribution is 2.40. The van der Waals surface area contributed by atoms with Crippen LogP contribution in [-0.4, -0.2) is 27.1 Å². The summed E-state index contributed by atoms with van der Waals surface area (Å²) in [6.45, 7) is 0. The number of carbonyl (C=O) groups excluding carboxylic acids is 1. The number of aromatic amines is 1. The summed E-state index contributed by atoms with van der Waals surface area (Å²) in [5.41, 5.74) is 2.63. The van der Waals surface area contributed by atoms with Gasteiger partial charge in [-0.25, -0.2) is 0 Å². The molecular formula is C19H16N2O4. The van der Waals surface area contributed by atoms with Gasteiger partial charge in [0.25, 0.3) is 5.91 Å². The number of carboxylic acids is 1. The normalized spacial score (nSPS) is 18.9. The topological polar surface area (TPSA) is 102 Å². The first-order valence-electron chi connectivity index (χ1n) is 7.96. The van der Waals surface area contributed by atoms with E-state index in [-0.39, 0.29) is 18.1 Å². The van der Waals surface area contributed by atoms with Crippen LogP contribution in [0.15, 0.2) is 48.7 Å². The molecule has 6 nitrogen and oxygen atoms in total. The van der Waals surface area contributed by atoms with Crippen molar-refractivity contribution in [1.82, 2.24) is 10.3 Å². The first-order chi connectivity index (χ1) is 12.0. The van der Waals surface area contributed by atoms with Crippen LogP contribution in [0, 0.1) is 5.92 Å². The lowest BCUT2D eigenvalue weighted by Crippen LogP contribution is -2.34. The van der Waals surface area contributed by atoms with Gasteiger partial charge in [0.15, 0.2) is 0 Å². The minimum atomic E-state index is -0.998. The van der Waals surface area contributed by atoms with Crippen LogP contribution in [0.1, 0.15) is 27.5 Å². The second-order valence-corrected chi connectivity index (χ2v) is 6.22. The third-order valence-corrected chi connectivity index (χ3v) is 4.77. The Hall–Kier alpha value is -3.28. The number of hydrogen-bond acceptors (Lipinski definition) is 3. The molecule has 0 radical (unpaired) electrons. The lowest BCUT2D eigenvalue weighted by molar-refractivity contribution is -0.142. The molecule has 1 aliphatic rings. The number of carboxylic acid groups (broad SMARTS) is 1. The summed E-state index contributed by atoms with van der Waals surface area (Å²) in [4.78, 5) is 27.3. The molecule has 4 N–H and O–H groups in total. The van der Waals surface area contributed by atoms with Crippen molar-refractivity contribution in [3.8, 4) is 5.75 Å². The number of hydrogen-bond donors (Lipinski definition) is 4. The van der Waals surface area contributed by atoms with E-state index in [9.17, 15) is 19.8 Å². The van der Waals surface area contributed by atoms with Crippen molar-refractivity contribution in [3.05, 3.63) is 65.4 Å². The van der Waals surface area contributed by atoms with Crippen LogP contribution >= 0.6 is 0 Å². The average Bonchev–Trinajstić information content (AvgIpc) is 3.19. The Kier molecular flexibility index (Phi) is 3.46. The molecule has 2 atom stereocenters. The monoisotopic (exact) mass is 336 g/mol. The minimum Gasteiger partial charge on any atom is -0.508 e. The van der Waals surface area contributed by atoms with Gasteiger partial charge in [-0.3, -0.25) is 9.59 Å². The fourth-order valence-electron chi connectivity index (χ4n) is 3.49. The Bertz CT molecular complexity index is 992. The van der Waals surface area contributed by atoms with E-state index in [1.807, 2.05) is 12.1 Å². The molecule has 0 aliphatic heterocycles. The molecule has 0 spiro atoms. The predicted octanol–water partition coefficient (Wildman–Crippen LogP) is 2.60. The van der Waals surface area contributed by atoms with Crippen LogP contribution in [-0.2, 0) is 11.2 Å². The Morgan fingerprint density at radius 2 is 2.00 bits per heavy atom. The molecule has 2 aromatic carbocycles. The molecule has 6 heteroatoms. The zero-order valence-electron chi connectivity index (χ0n) is 13.2. The number of nitrogens with one attached hydrogen (secondary N) is 2. The Balaban J connectivity index is 1.67. The molecule has 0 saturated heterocycles. The third kappa shape index (κ3) is 2.52. The highest BCUT2D eigenvalue weighted by Gasteiger charge is 2.39. The number of rotatable bonds is 3. The molecule has 1 aromatic heterocycles. The third-order valence-electron chi connectivity index (χ3n) is 4.77. The Morgan fingerprint density at radius 3 is 2.80 bits per heavy atom. The first kappa shape index (κ1) is 15.3. The number of phenolic OH excluding ortho intramolecular Hbond substituents is 1. The van der Waals surface area contributed by atoms with E-state index in [2.05, 4.69) is 10.3 Å². The number of carbonyl (C=O) groups is 2. The minimum absolute atomic E-state index is 0.0641. The summed E-state index contributed by atoms with van der Waals surface area (Å²) in [5.74, 6) is -2.07. The standard InChI is InChI=1S/C19H16N2O4/c22-16-3-1-2-12-13(16)9-14(19(24)25)17(12)21-18(23)11-4-5-15-10(8-11)6-7-20-15/h1-8,14,17,20,22H,9H2,(H,21,23)(H,24,25)/t14-,17+/m1/s1. The molecule has 3 aromatic rings. The predicted molar refractivity (Wildman–Crippen MR) is 91.4 cm³/mol. The number of fused-ring (bicyclic) bond motifs is 2. The SMILES string of the molecule is O=C(N[C@H]1c2cccc(O)c2C[C@H]1C(=O)O)c1ccc2[nH]ccc2c1. The Labute approximate surface area is 143 Å². The van der Waals surface area contributed by atoms with Crippen LogP contribution in [0.25, 0.3) is 10.9 Å². The molecule has 1 amide bonds. The van der Waals surface area contributed by atoms with Gasteiger partial charge in [-0.1, -0.05) is 12.1 Å². The van der Waals surface area contributed by atoms with Gasteiger partial charge in [-0.05, 0) is 42.3 Å². The van der Waals surface area contributed by atoms with E-state index < -0.39 is 17.9 Å². The number of aromatic hydroxyl groups is 1. The molecule has 1 aliphatic carbocycles. The second kappa shape index (κ2) is 5.66. The fraction of sp³-hybridized carbons (Fsp3) is 0.158. The van der Waals surface area contributed by atoms with Crippen LogP contribution in [0.4, 0.5) is 0 Å². The van der Waals surface area contributed by atoms with Gasteiger partial charge in [0.1, 0.15) is 5.75 Å². The van der Waals surface area contributed by atoms with Gasteiger partial charge in [0.2, 0.25) is 0 Å². The average molecular weight is 336 g/mol. The van der Waals surface area contributed by atoms with Crippen LogP contribution < -0.4 is 5.32 Å². The van der Waals surface area contributed by atoms with E-state index in [1.165, 1.54) is 6.07 Å². The van der Waals surface area contributed by atoms with Crippen molar-refractivity contribution < 1.29 is 19.8 Å².